The number of benzene rings is 2. The average Bonchev–Trinajstić information content (AvgIpc) is 3.15. The Labute approximate surface area is 191 Å². The van der Waals surface area contributed by atoms with Crippen LogP contribution in [0.2, 0.25) is 0 Å². The number of thiazole rings is 1. The van der Waals surface area contributed by atoms with Crippen molar-refractivity contribution in [3.8, 4) is 11.5 Å². The fraction of sp³-hybridized carbons (Fsp3) is 0.364. The summed E-state index contributed by atoms with van der Waals surface area (Å²) < 4.78 is 43.7. The summed E-state index contributed by atoms with van der Waals surface area (Å²) in [7, 11) is 1.32. The molecule has 10 heteroatoms. The largest absolute Gasteiger partial charge is 0.495 e. The maximum atomic E-state index is 12.6. The molecule has 172 valence electrons. The second kappa shape index (κ2) is 10.8. The van der Waals surface area contributed by atoms with Gasteiger partial charge < -0.3 is 18.8 Å². The molecule has 0 saturated carbocycles. The Hall–Kier alpha value is -2.69. The zero-order valence-corrected chi connectivity index (χ0v) is 19.9. The minimum atomic E-state index is -3.43. The molecule has 32 heavy (non-hydrogen) atoms. The van der Waals surface area contributed by atoms with Gasteiger partial charge in [-0.15, -0.1) is 0 Å². The van der Waals surface area contributed by atoms with E-state index in [1.165, 1.54) is 11.3 Å². The number of carbonyl (C=O) groups excluding carboxylic acids is 1. The van der Waals surface area contributed by atoms with Crippen LogP contribution in [-0.2, 0) is 25.9 Å². The molecule has 0 aliphatic heterocycles. The Kier molecular flexibility index (Phi) is 8.05. The van der Waals surface area contributed by atoms with E-state index in [0.717, 1.165) is 10.2 Å². The Bertz CT molecular complexity index is 1250. The SMILES string of the molecule is COCCn1c(=NC(=O)CCCS(=O)(=O)c2ccccc2)sc2c(OC)ccc(OC)c21. The molecule has 0 radical (unpaired) electrons. The van der Waals surface area contributed by atoms with Gasteiger partial charge in [-0.1, -0.05) is 29.5 Å². The Morgan fingerprint density at radius 1 is 1.03 bits per heavy atom. The van der Waals surface area contributed by atoms with Gasteiger partial charge in [0.1, 0.15) is 21.7 Å². The van der Waals surface area contributed by atoms with Gasteiger partial charge >= 0.3 is 0 Å². The van der Waals surface area contributed by atoms with Crippen LogP contribution in [0.4, 0.5) is 0 Å². The molecule has 3 aromatic rings. The van der Waals surface area contributed by atoms with Crippen LogP contribution in [0, 0.1) is 0 Å². The summed E-state index contributed by atoms with van der Waals surface area (Å²) in [4.78, 5) is 17.6. The highest BCUT2D eigenvalue weighted by Crippen LogP contribution is 2.35. The van der Waals surface area contributed by atoms with Crippen LogP contribution in [0.5, 0.6) is 11.5 Å². The first kappa shape index (κ1) is 24.0. The van der Waals surface area contributed by atoms with Crippen molar-refractivity contribution < 1.29 is 27.4 Å². The van der Waals surface area contributed by atoms with E-state index >= 15 is 0 Å². The van der Waals surface area contributed by atoms with Crippen molar-refractivity contribution in [1.29, 1.82) is 0 Å². The van der Waals surface area contributed by atoms with Crippen LogP contribution in [-0.4, -0.2) is 52.6 Å². The van der Waals surface area contributed by atoms with E-state index in [1.807, 2.05) is 4.57 Å². The molecular formula is C22H26N2O6S2. The third-order valence-corrected chi connectivity index (χ3v) is 7.75. The van der Waals surface area contributed by atoms with Crippen LogP contribution in [0.15, 0.2) is 52.4 Å². The number of carbonyl (C=O) groups is 1. The van der Waals surface area contributed by atoms with E-state index in [1.54, 1.807) is 63.8 Å². The monoisotopic (exact) mass is 478 g/mol. The van der Waals surface area contributed by atoms with Crippen LogP contribution in [0.3, 0.4) is 0 Å². The van der Waals surface area contributed by atoms with E-state index in [0.29, 0.717) is 29.5 Å². The number of rotatable bonds is 10. The molecule has 1 aromatic heterocycles. The highest BCUT2D eigenvalue weighted by molar-refractivity contribution is 7.91. The fourth-order valence-electron chi connectivity index (χ4n) is 3.25. The van der Waals surface area contributed by atoms with Crippen molar-refractivity contribution in [2.75, 3.05) is 33.7 Å². The number of hydrogen-bond donors (Lipinski definition) is 0. The number of aromatic nitrogens is 1. The predicted molar refractivity (Wildman–Crippen MR) is 123 cm³/mol. The highest BCUT2D eigenvalue weighted by Gasteiger charge is 2.17. The lowest BCUT2D eigenvalue weighted by atomic mass is 10.3. The van der Waals surface area contributed by atoms with Crippen molar-refractivity contribution in [3.63, 3.8) is 0 Å². The van der Waals surface area contributed by atoms with Crippen molar-refractivity contribution in [2.24, 2.45) is 4.99 Å². The van der Waals surface area contributed by atoms with Crippen molar-refractivity contribution in [2.45, 2.75) is 24.3 Å². The molecule has 8 nitrogen and oxygen atoms in total. The number of nitrogens with zero attached hydrogens (tertiary/aromatic N) is 2. The minimum Gasteiger partial charge on any atom is -0.495 e. The summed E-state index contributed by atoms with van der Waals surface area (Å²) in [6.45, 7) is 0.886. The van der Waals surface area contributed by atoms with Gasteiger partial charge in [-0.25, -0.2) is 8.42 Å². The number of sulfone groups is 1. The summed E-state index contributed by atoms with van der Waals surface area (Å²) in [6.07, 6.45) is 0.216. The molecule has 1 heterocycles. The number of methoxy groups -OCH3 is 3. The van der Waals surface area contributed by atoms with Gasteiger partial charge in [0.2, 0.25) is 5.91 Å². The molecule has 2 aromatic carbocycles. The molecule has 0 bridgehead atoms. The van der Waals surface area contributed by atoms with Crippen LogP contribution >= 0.6 is 11.3 Å². The molecule has 0 saturated heterocycles. The molecule has 0 aliphatic rings. The maximum absolute atomic E-state index is 12.6. The number of hydrogen-bond acceptors (Lipinski definition) is 7. The van der Waals surface area contributed by atoms with Gasteiger partial charge in [-0.2, -0.15) is 4.99 Å². The average molecular weight is 479 g/mol. The molecule has 0 unspecified atom stereocenters. The molecule has 0 aliphatic carbocycles. The van der Waals surface area contributed by atoms with Crippen molar-refractivity contribution in [3.05, 3.63) is 47.3 Å². The van der Waals surface area contributed by atoms with Gasteiger partial charge in [0, 0.05) is 20.1 Å². The Morgan fingerprint density at radius 3 is 2.38 bits per heavy atom. The maximum Gasteiger partial charge on any atom is 0.248 e. The summed E-state index contributed by atoms with van der Waals surface area (Å²) >= 11 is 1.32. The quantitative estimate of drug-likeness (QED) is 0.444. The summed E-state index contributed by atoms with van der Waals surface area (Å²) in [5.41, 5.74) is 0.770. The van der Waals surface area contributed by atoms with Gasteiger partial charge in [-0.05, 0) is 30.7 Å². The van der Waals surface area contributed by atoms with Gasteiger partial charge in [0.25, 0.3) is 0 Å². The lowest BCUT2D eigenvalue weighted by molar-refractivity contribution is -0.118. The predicted octanol–water partition coefficient (Wildman–Crippen LogP) is 3.05. The number of amides is 1. The third kappa shape index (κ3) is 5.37. The fourth-order valence-corrected chi connectivity index (χ4v) is 5.77. The summed E-state index contributed by atoms with van der Waals surface area (Å²) in [5, 5.41) is 0. The van der Waals surface area contributed by atoms with Gasteiger partial charge in [0.05, 0.1) is 31.5 Å². The molecule has 0 N–H and O–H groups in total. The zero-order chi connectivity index (χ0) is 23.1. The van der Waals surface area contributed by atoms with Crippen molar-refractivity contribution in [1.82, 2.24) is 4.57 Å². The topological polar surface area (TPSA) is 96.2 Å². The van der Waals surface area contributed by atoms with Crippen LogP contribution < -0.4 is 14.3 Å². The molecule has 0 atom stereocenters. The first-order valence-electron chi connectivity index (χ1n) is 10.00. The lowest BCUT2D eigenvalue weighted by Gasteiger charge is -2.09. The van der Waals surface area contributed by atoms with Gasteiger partial charge in [-0.3, -0.25) is 4.79 Å². The molecule has 3 rings (SSSR count). The molecule has 0 spiro atoms. The van der Waals surface area contributed by atoms with E-state index in [-0.39, 0.29) is 29.4 Å². The van der Waals surface area contributed by atoms with E-state index < -0.39 is 9.84 Å². The zero-order valence-electron chi connectivity index (χ0n) is 18.2. The molecule has 0 fully saturated rings. The highest BCUT2D eigenvalue weighted by atomic mass is 32.2. The normalized spacial score (nSPS) is 12.3. The summed E-state index contributed by atoms with van der Waals surface area (Å²) in [6, 6.07) is 11.8. The van der Waals surface area contributed by atoms with E-state index in [9.17, 15) is 13.2 Å². The third-order valence-electron chi connectivity index (χ3n) is 4.84. The van der Waals surface area contributed by atoms with Crippen LogP contribution in [0.1, 0.15) is 12.8 Å². The minimum absolute atomic E-state index is 0.0266. The van der Waals surface area contributed by atoms with Crippen molar-refractivity contribution >= 4 is 37.3 Å². The van der Waals surface area contributed by atoms with Gasteiger partial charge in [0.15, 0.2) is 14.6 Å². The first-order chi connectivity index (χ1) is 15.4. The smallest absolute Gasteiger partial charge is 0.248 e. The Morgan fingerprint density at radius 2 is 1.72 bits per heavy atom. The first-order valence-corrected chi connectivity index (χ1v) is 12.5. The second-order valence-corrected chi connectivity index (χ2v) is 10.0. The molecule has 1 amide bonds. The summed E-state index contributed by atoms with van der Waals surface area (Å²) in [5.74, 6) is 0.787. The lowest BCUT2D eigenvalue weighted by Crippen LogP contribution is -2.19. The Balaban J connectivity index is 1.87. The van der Waals surface area contributed by atoms with E-state index in [2.05, 4.69) is 4.99 Å². The number of fused-ring (bicyclic) bond motifs is 1. The molecular weight excluding hydrogens is 452 g/mol. The standard InChI is InChI=1S/C22H26N2O6S2/c1-28-14-13-24-20-17(29-2)11-12-18(30-3)21(20)31-22(24)23-19(25)10-7-15-32(26,27)16-8-5-4-6-9-16/h4-6,8-9,11-12H,7,10,13-15H2,1-3H3. The van der Waals surface area contributed by atoms with E-state index in [4.69, 9.17) is 14.2 Å². The number of ether oxygens (including phenoxy) is 3. The van der Waals surface area contributed by atoms with Crippen LogP contribution in [0.25, 0.3) is 10.2 Å². The second-order valence-electron chi connectivity index (χ2n) is 6.92.